The molecule has 1 amide bonds. The second-order valence-electron chi connectivity index (χ2n) is 3.39. The molecule has 0 aliphatic heterocycles. The van der Waals surface area contributed by atoms with Crippen molar-refractivity contribution in [3.8, 4) is 11.5 Å². The number of carbonyl (C=O) groups is 1. The van der Waals surface area contributed by atoms with Crippen LogP contribution in [-0.2, 0) is 11.0 Å². The first-order valence-corrected chi connectivity index (χ1v) is 4.87. The van der Waals surface area contributed by atoms with Gasteiger partial charge in [0.25, 0.3) is 0 Å². The molecule has 19 heavy (non-hydrogen) atoms. The largest absolute Gasteiger partial charge is 0.471 e. The topological polar surface area (TPSA) is 93.8 Å². The first-order valence-electron chi connectivity index (χ1n) is 4.87. The fraction of sp³-hybridized carbons (Fsp3) is 0.222. The number of rotatable bonds is 2. The third-order valence-corrected chi connectivity index (χ3v) is 1.85. The lowest BCUT2D eigenvalue weighted by Crippen LogP contribution is -2.08. The normalized spacial score (nSPS) is 11.4. The Balaban J connectivity index is 2.23. The van der Waals surface area contributed by atoms with E-state index in [4.69, 9.17) is 0 Å². The summed E-state index contributed by atoms with van der Waals surface area (Å²) in [5, 5.41) is 5.50. The van der Waals surface area contributed by atoms with Crippen molar-refractivity contribution < 1.29 is 22.5 Å². The van der Waals surface area contributed by atoms with Gasteiger partial charge < -0.3 is 9.84 Å². The molecule has 0 spiro atoms. The van der Waals surface area contributed by atoms with Crippen LogP contribution in [0.25, 0.3) is 11.5 Å². The number of nitrogens with zero attached hydrogens (tertiary/aromatic N) is 4. The minimum Gasteiger partial charge on any atom is -0.329 e. The Labute approximate surface area is 103 Å². The molecule has 0 fully saturated rings. The monoisotopic (exact) mass is 273 g/mol. The quantitative estimate of drug-likeness (QED) is 0.891. The van der Waals surface area contributed by atoms with Crippen molar-refractivity contribution >= 4 is 11.7 Å². The molecule has 0 aliphatic rings. The van der Waals surface area contributed by atoms with E-state index in [0.29, 0.717) is 0 Å². The first-order chi connectivity index (χ1) is 8.86. The third kappa shape index (κ3) is 3.03. The molecular weight excluding hydrogens is 267 g/mol. The fourth-order valence-electron chi connectivity index (χ4n) is 1.13. The zero-order valence-electron chi connectivity index (χ0n) is 9.39. The number of amides is 1. The van der Waals surface area contributed by atoms with Gasteiger partial charge in [-0.3, -0.25) is 4.79 Å². The number of anilines is 1. The number of halogens is 3. The highest BCUT2D eigenvalue weighted by atomic mass is 19.4. The lowest BCUT2D eigenvalue weighted by Gasteiger charge is -1.99. The summed E-state index contributed by atoms with van der Waals surface area (Å²) in [6.07, 6.45) is -2.43. The minimum atomic E-state index is -4.71. The van der Waals surface area contributed by atoms with E-state index in [0.717, 1.165) is 6.20 Å². The molecule has 0 aliphatic carbocycles. The molecule has 2 rings (SSSR count). The van der Waals surface area contributed by atoms with Gasteiger partial charge in [-0.15, -0.1) is 0 Å². The van der Waals surface area contributed by atoms with Gasteiger partial charge in [0.05, 0.1) is 12.4 Å². The van der Waals surface area contributed by atoms with Crippen LogP contribution in [0.2, 0.25) is 0 Å². The molecule has 2 heterocycles. The van der Waals surface area contributed by atoms with E-state index in [9.17, 15) is 18.0 Å². The fourth-order valence-corrected chi connectivity index (χ4v) is 1.13. The predicted octanol–water partition coefficient (Wildman–Crippen LogP) is 1.50. The first kappa shape index (κ1) is 12.9. The van der Waals surface area contributed by atoms with Gasteiger partial charge in [-0.05, 0) is 0 Å². The maximum Gasteiger partial charge on any atom is 0.471 e. The summed E-state index contributed by atoms with van der Waals surface area (Å²) >= 11 is 0. The molecule has 0 saturated heterocycles. The van der Waals surface area contributed by atoms with Crippen LogP contribution in [0.3, 0.4) is 0 Å². The zero-order valence-corrected chi connectivity index (χ0v) is 9.39. The van der Waals surface area contributed by atoms with Gasteiger partial charge in [0.1, 0.15) is 5.69 Å². The van der Waals surface area contributed by atoms with Gasteiger partial charge in [-0.1, -0.05) is 5.16 Å². The highest BCUT2D eigenvalue weighted by Crippen LogP contribution is 2.28. The second kappa shape index (κ2) is 4.63. The third-order valence-electron chi connectivity index (χ3n) is 1.85. The van der Waals surface area contributed by atoms with E-state index in [-0.39, 0.29) is 23.2 Å². The average Bonchev–Trinajstić information content (AvgIpc) is 2.78. The molecule has 2 aromatic heterocycles. The maximum absolute atomic E-state index is 12.2. The van der Waals surface area contributed by atoms with Crippen molar-refractivity contribution in [2.45, 2.75) is 13.1 Å². The van der Waals surface area contributed by atoms with Crippen LogP contribution in [-0.4, -0.2) is 26.0 Å². The van der Waals surface area contributed by atoms with E-state index < -0.39 is 12.1 Å². The highest BCUT2D eigenvalue weighted by molar-refractivity contribution is 5.87. The molecular formula is C9H6F3N5O2. The Morgan fingerprint density at radius 2 is 2.05 bits per heavy atom. The summed E-state index contributed by atoms with van der Waals surface area (Å²) < 4.78 is 40.8. The molecule has 0 bridgehead atoms. The standard InChI is InChI=1S/C9H6F3N5O2/c1-4(18)15-6-3-13-5(2-14-6)7-16-8(19-17-7)9(10,11)12/h2-3H,1H3,(H,14,15,18). The molecule has 0 radical (unpaired) electrons. The summed E-state index contributed by atoms with van der Waals surface area (Å²) in [7, 11) is 0. The van der Waals surface area contributed by atoms with Crippen LogP contribution in [0, 0.1) is 0 Å². The van der Waals surface area contributed by atoms with Crippen molar-refractivity contribution in [2.24, 2.45) is 0 Å². The van der Waals surface area contributed by atoms with Gasteiger partial charge in [-0.2, -0.15) is 18.2 Å². The number of aromatic nitrogens is 4. The molecule has 7 nitrogen and oxygen atoms in total. The van der Waals surface area contributed by atoms with Gasteiger partial charge in [0, 0.05) is 6.92 Å². The van der Waals surface area contributed by atoms with Crippen molar-refractivity contribution in [2.75, 3.05) is 5.32 Å². The van der Waals surface area contributed by atoms with Gasteiger partial charge in [-0.25, -0.2) is 9.97 Å². The lowest BCUT2D eigenvalue weighted by molar-refractivity contribution is -0.159. The Kier molecular flexibility index (Phi) is 3.15. The van der Waals surface area contributed by atoms with Gasteiger partial charge in [0.15, 0.2) is 5.82 Å². The van der Waals surface area contributed by atoms with Crippen LogP contribution in [0.5, 0.6) is 0 Å². The smallest absolute Gasteiger partial charge is 0.329 e. The van der Waals surface area contributed by atoms with Crippen molar-refractivity contribution in [3.05, 3.63) is 18.3 Å². The van der Waals surface area contributed by atoms with E-state index in [2.05, 4.69) is 29.9 Å². The van der Waals surface area contributed by atoms with Crippen LogP contribution in [0.1, 0.15) is 12.8 Å². The van der Waals surface area contributed by atoms with Crippen molar-refractivity contribution in [3.63, 3.8) is 0 Å². The number of carbonyl (C=O) groups excluding carboxylic acids is 1. The SMILES string of the molecule is CC(=O)Nc1cnc(-c2noc(C(F)(F)F)n2)cn1. The minimum absolute atomic E-state index is 0.00616. The lowest BCUT2D eigenvalue weighted by atomic mass is 10.4. The van der Waals surface area contributed by atoms with Crippen LogP contribution < -0.4 is 5.32 Å². The number of hydrogen-bond donors (Lipinski definition) is 1. The highest BCUT2D eigenvalue weighted by Gasteiger charge is 2.38. The molecule has 0 aromatic carbocycles. The summed E-state index contributed by atoms with van der Waals surface area (Å²) in [6, 6.07) is 0. The zero-order chi connectivity index (χ0) is 14.0. The van der Waals surface area contributed by atoms with Crippen LogP contribution in [0.4, 0.5) is 19.0 Å². The number of alkyl halides is 3. The molecule has 10 heteroatoms. The Bertz CT molecular complexity index is 593. The number of nitrogens with one attached hydrogen (secondary N) is 1. The summed E-state index contributed by atoms with van der Waals surface area (Å²) in [5.74, 6) is -1.99. The number of hydrogen-bond acceptors (Lipinski definition) is 6. The van der Waals surface area contributed by atoms with Crippen molar-refractivity contribution in [1.29, 1.82) is 0 Å². The molecule has 100 valence electrons. The van der Waals surface area contributed by atoms with E-state index >= 15 is 0 Å². The van der Waals surface area contributed by atoms with E-state index in [1.165, 1.54) is 13.1 Å². The maximum atomic E-state index is 12.2. The van der Waals surface area contributed by atoms with Crippen LogP contribution in [0.15, 0.2) is 16.9 Å². The van der Waals surface area contributed by atoms with E-state index in [1.54, 1.807) is 0 Å². The Morgan fingerprint density at radius 3 is 2.53 bits per heavy atom. The van der Waals surface area contributed by atoms with Gasteiger partial charge in [0.2, 0.25) is 11.7 Å². The predicted molar refractivity (Wildman–Crippen MR) is 54.6 cm³/mol. The van der Waals surface area contributed by atoms with Crippen molar-refractivity contribution in [1.82, 2.24) is 20.1 Å². The second-order valence-corrected chi connectivity index (χ2v) is 3.39. The van der Waals surface area contributed by atoms with Crippen LogP contribution >= 0.6 is 0 Å². The summed E-state index contributed by atoms with van der Waals surface area (Å²) in [6.45, 7) is 1.28. The average molecular weight is 273 g/mol. The Morgan fingerprint density at radius 1 is 1.32 bits per heavy atom. The molecule has 0 saturated carbocycles. The molecule has 1 N–H and O–H groups in total. The molecule has 0 atom stereocenters. The Hall–Kier alpha value is -2.52. The van der Waals surface area contributed by atoms with Gasteiger partial charge >= 0.3 is 12.1 Å². The molecule has 2 aromatic rings. The van der Waals surface area contributed by atoms with E-state index in [1.807, 2.05) is 0 Å². The molecule has 0 unspecified atom stereocenters. The summed E-state index contributed by atoms with van der Waals surface area (Å²) in [5.41, 5.74) is -0.00616. The summed E-state index contributed by atoms with van der Waals surface area (Å²) in [4.78, 5) is 21.4.